The molecule has 0 radical (unpaired) electrons. The van der Waals surface area contributed by atoms with Crippen LogP contribution in [-0.2, 0) is 14.4 Å². The minimum Gasteiger partial charge on any atom is -0.463 e. The Hall–Kier alpha value is -1.91. The van der Waals surface area contributed by atoms with E-state index in [1.807, 2.05) is 0 Å². The standard InChI is InChI=1S/C11H12FNO3/c1-2-15-11(14)8-16-13-7-9-3-5-10(12)6-4-9/h3-7H,2,8H2,1H3/b13-7+. The maximum absolute atomic E-state index is 12.5. The summed E-state index contributed by atoms with van der Waals surface area (Å²) in [5.41, 5.74) is 0.685. The van der Waals surface area contributed by atoms with Gasteiger partial charge in [-0.15, -0.1) is 0 Å². The zero-order chi connectivity index (χ0) is 11.8. The number of carbonyl (C=O) groups excluding carboxylic acids is 1. The van der Waals surface area contributed by atoms with Crippen molar-refractivity contribution < 1.29 is 18.8 Å². The fourth-order valence-electron chi connectivity index (χ4n) is 0.940. The van der Waals surface area contributed by atoms with Crippen LogP contribution in [0.4, 0.5) is 4.39 Å². The van der Waals surface area contributed by atoms with Crippen molar-refractivity contribution >= 4 is 12.2 Å². The predicted octanol–water partition coefficient (Wildman–Crippen LogP) is 1.74. The molecule has 4 nitrogen and oxygen atoms in total. The van der Waals surface area contributed by atoms with Gasteiger partial charge in [0.25, 0.3) is 0 Å². The fraction of sp³-hybridized carbons (Fsp3) is 0.273. The van der Waals surface area contributed by atoms with Crippen molar-refractivity contribution in [2.45, 2.75) is 6.92 Å². The Bertz CT molecular complexity index is 362. The Morgan fingerprint density at radius 1 is 1.44 bits per heavy atom. The number of benzene rings is 1. The van der Waals surface area contributed by atoms with Crippen molar-refractivity contribution in [1.82, 2.24) is 0 Å². The lowest BCUT2D eigenvalue weighted by atomic mass is 10.2. The zero-order valence-electron chi connectivity index (χ0n) is 8.85. The predicted molar refractivity (Wildman–Crippen MR) is 56.6 cm³/mol. The van der Waals surface area contributed by atoms with Crippen LogP contribution >= 0.6 is 0 Å². The van der Waals surface area contributed by atoms with Crippen LogP contribution in [0.2, 0.25) is 0 Å². The first-order chi connectivity index (χ1) is 7.72. The molecule has 1 rings (SSSR count). The summed E-state index contributed by atoms with van der Waals surface area (Å²) < 4.78 is 17.2. The van der Waals surface area contributed by atoms with Gasteiger partial charge >= 0.3 is 5.97 Å². The van der Waals surface area contributed by atoms with E-state index in [4.69, 9.17) is 0 Å². The molecule has 0 bridgehead atoms. The molecule has 0 aliphatic heterocycles. The molecule has 1 aromatic rings. The summed E-state index contributed by atoms with van der Waals surface area (Å²) in [6.07, 6.45) is 1.39. The molecular formula is C11H12FNO3. The fourth-order valence-corrected chi connectivity index (χ4v) is 0.940. The monoisotopic (exact) mass is 225 g/mol. The van der Waals surface area contributed by atoms with Gasteiger partial charge in [0.05, 0.1) is 12.8 Å². The minimum absolute atomic E-state index is 0.231. The van der Waals surface area contributed by atoms with E-state index in [2.05, 4.69) is 14.7 Å². The quantitative estimate of drug-likeness (QED) is 0.435. The van der Waals surface area contributed by atoms with Crippen LogP contribution in [0.1, 0.15) is 12.5 Å². The first-order valence-corrected chi connectivity index (χ1v) is 4.79. The van der Waals surface area contributed by atoms with Crippen molar-refractivity contribution in [3.8, 4) is 0 Å². The number of rotatable bonds is 5. The molecule has 0 saturated heterocycles. The highest BCUT2D eigenvalue weighted by Crippen LogP contribution is 1.99. The molecule has 0 N–H and O–H groups in total. The van der Waals surface area contributed by atoms with Crippen LogP contribution < -0.4 is 0 Å². The van der Waals surface area contributed by atoms with Crippen molar-refractivity contribution in [1.29, 1.82) is 0 Å². The molecular weight excluding hydrogens is 213 g/mol. The van der Waals surface area contributed by atoms with Crippen LogP contribution in [0.5, 0.6) is 0 Å². The Kier molecular flexibility index (Phi) is 4.98. The number of esters is 1. The molecule has 0 aliphatic rings. The summed E-state index contributed by atoms with van der Waals surface area (Å²) in [6, 6.07) is 5.72. The highest BCUT2D eigenvalue weighted by Gasteiger charge is 1.99. The highest BCUT2D eigenvalue weighted by atomic mass is 19.1. The summed E-state index contributed by atoms with van der Waals surface area (Å²) in [5, 5.41) is 3.55. The van der Waals surface area contributed by atoms with Gasteiger partial charge in [0.15, 0.2) is 0 Å². The SMILES string of the molecule is CCOC(=O)CO/N=C/c1ccc(F)cc1. The van der Waals surface area contributed by atoms with Gasteiger partial charge < -0.3 is 9.57 Å². The molecule has 0 heterocycles. The molecule has 86 valence electrons. The zero-order valence-corrected chi connectivity index (χ0v) is 8.85. The maximum Gasteiger partial charge on any atom is 0.347 e. The number of carbonyl (C=O) groups is 1. The van der Waals surface area contributed by atoms with Crippen molar-refractivity contribution in [3.05, 3.63) is 35.6 Å². The second-order valence-corrected chi connectivity index (χ2v) is 2.86. The Labute approximate surface area is 92.7 Å². The van der Waals surface area contributed by atoms with Crippen molar-refractivity contribution in [2.24, 2.45) is 5.16 Å². The first kappa shape index (κ1) is 12.2. The minimum atomic E-state index is -0.473. The van der Waals surface area contributed by atoms with E-state index in [1.165, 1.54) is 18.3 Å². The van der Waals surface area contributed by atoms with E-state index in [-0.39, 0.29) is 12.4 Å². The molecule has 1 aromatic carbocycles. The number of hydrogen-bond acceptors (Lipinski definition) is 4. The van der Waals surface area contributed by atoms with Gasteiger partial charge in [-0.3, -0.25) is 0 Å². The number of hydrogen-bond donors (Lipinski definition) is 0. The normalized spacial score (nSPS) is 10.4. The number of oxime groups is 1. The molecule has 0 saturated carbocycles. The van der Waals surface area contributed by atoms with Gasteiger partial charge in [0.1, 0.15) is 5.82 Å². The van der Waals surface area contributed by atoms with Crippen molar-refractivity contribution in [2.75, 3.05) is 13.2 Å². The average molecular weight is 225 g/mol. The molecule has 16 heavy (non-hydrogen) atoms. The van der Waals surface area contributed by atoms with Crippen LogP contribution in [0.25, 0.3) is 0 Å². The van der Waals surface area contributed by atoms with Gasteiger partial charge in [-0.1, -0.05) is 17.3 Å². The van der Waals surface area contributed by atoms with Crippen LogP contribution in [0.15, 0.2) is 29.4 Å². The van der Waals surface area contributed by atoms with E-state index in [0.717, 1.165) is 0 Å². The lowest BCUT2D eigenvalue weighted by molar-refractivity contribution is -0.148. The largest absolute Gasteiger partial charge is 0.463 e. The summed E-state index contributed by atoms with van der Waals surface area (Å²) in [4.78, 5) is 15.5. The van der Waals surface area contributed by atoms with Gasteiger partial charge in [-0.25, -0.2) is 9.18 Å². The second-order valence-electron chi connectivity index (χ2n) is 2.86. The Morgan fingerprint density at radius 3 is 2.75 bits per heavy atom. The maximum atomic E-state index is 12.5. The van der Waals surface area contributed by atoms with Crippen LogP contribution in [0.3, 0.4) is 0 Å². The van der Waals surface area contributed by atoms with E-state index < -0.39 is 5.97 Å². The van der Waals surface area contributed by atoms with Gasteiger partial charge in [0.2, 0.25) is 6.61 Å². The average Bonchev–Trinajstić information content (AvgIpc) is 2.27. The van der Waals surface area contributed by atoms with Crippen LogP contribution in [0, 0.1) is 5.82 Å². The third-order valence-electron chi connectivity index (χ3n) is 1.63. The van der Waals surface area contributed by atoms with Gasteiger partial charge in [-0.05, 0) is 24.6 Å². The third kappa shape index (κ3) is 4.54. The van der Waals surface area contributed by atoms with Gasteiger partial charge in [0, 0.05) is 0 Å². The van der Waals surface area contributed by atoms with E-state index >= 15 is 0 Å². The first-order valence-electron chi connectivity index (χ1n) is 4.79. The molecule has 0 unspecified atom stereocenters. The Morgan fingerprint density at radius 2 is 2.12 bits per heavy atom. The smallest absolute Gasteiger partial charge is 0.347 e. The number of ether oxygens (including phenoxy) is 1. The molecule has 0 amide bonds. The summed E-state index contributed by atoms with van der Waals surface area (Å²) in [6.45, 7) is 1.79. The summed E-state index contributed by atoms with van der Waals surface area (Å²) in [7, 11) is 0. The molecule has 0 aliphatic carbocycles. The van der Waals surface area contributed by atoms with Gasteiger partial charge in [-0.2, -0.15) is 0 Å². The molecule has 5 heteroatoms. The van der Waals surface area contributed by atoms with E-state index in [1.54, 1.807) is 19.1 Å². The van der Waals surface area contributed by atoms with E-state index in [9.17, 15) is 9.18 Å². The third-order valence-corrected chi connectivity index (χ3v) is 1.63. The lowest BCUT2D eigenvalue weighted by Gasteiger charge is -1.99. The van der Waals surface area contributed by atoms with Crippen LogP contribution in [-0.4, -0.2) is 25.4 Å². The molecule has 0 atom stereocenters. The highest BCUT2D eigenvalue weighted by molar-refractivity contribution is 5.79. The lowest BCUT2D eigenvalue weighted by Crippen LogP contribution is -2.10. The summed E-state index contributed by atoms with van der Waals surface area (Å²) >= 11 is 0. The topological polar surface area (TPSA) is 47.9 Å². The molecule has 0 fully saturated rings. The number of nitrogens with zero attached hydrogens (tertiary/aromatic N) is 1. The van der Waals surface area contributed by atoms with Crippen molar-refractivity contribution in [3.63, 3.8) is 0 Å². The molecule has 0 spiro atoms. The Balaban J connectivity index is 2.32. The summed E-state index contributed by atoms with van der Waals surface area (Å²) in [5.74, 6) is -0.789. The second kappa shape index (κ2) is 6.55. The number of halogens is 1. The molecule has 0 aromatic heterocycles. The van der Waals surface area contributed by atoms with E-state index in [0.29, 0.717) is 12.2 Å².